The van der Waals surface area contributed by atoms with Gasteiger partial charge in [-0.3, -0.25) is 9.59 Å². The Bertz CT molecular complexity index is 1040. The van der Waals surface area contributed by atoms with Gasteiger partial charge in [0.15, 0.2) is 0 Å². The molecule has 3 rings (SSSR count). The second-order valence-electron chi connectivity index (χ2n) is 6.82. The van der Waals surface area contributed by atoms with Crippen LogP contribution in [0.3, 0.4) is 0 Å². The van der Waals surface area contributed by atoms with E-state index in [4.69, 9.17) is 0 Å². The van der Waals surface area contributed by atoms with Gasteiger partial charge >= 0.3 is 0 Å². The van der Waals surface area contributed by atoms with Crippen LogP contribution in [0.25, 0.3) is 0 Å². The maximum atomic E-state index is 12.2. The number of rotatable bonds is 10. The molecule has 0 saturated carbocycles. The molecule has 33 heavy (non-hydrogen) atoms. The lowest BCUT2D eigenvalue weighted by Gasteiger charge is -2.02. The molecule has 1 aromatic heterocycles. The number of nitrogens with zero attached hydrogens (tertiary/aromatic N) is 2. The summed E-state index contributed by atoms with van der Waals surface area (Å²) in [7, 11) is 0. The Kier molecular flexibility index (Phi) is 9.74. The van der Waals surface area contributed by atoms with Crippen LogP contribution < -0.4 is 10.9 Å². The molecule has 0 atom stereocenters. The Balaban J connectivity index is 1.67. The quantitative estimate of drug-likeness (QED) is 0.245. The smallest absolute Gasteiger partial charge is 0.244 e. The normalized spacial score (nSPS) is 11.2. The highest BCUT2D eigenvalue weighted by Crippen LogP contribution is 2.38. The fourth-order valence-corrected chi connectivity index (χ4v) is 5.74. The number of nitrogens with one attached hydrogen (secondary N) is 2. The van der Waals surface area contributed by atoms with Crippen molar-refractivity contribution in [1.82, 2.24) is 10.9 Å². The van der Waals surface area contributed by atoms with Crippen LogP contribution in [0, 0.1) is 0 Å². The highest BCUT2D eigenvalue weighted by atomic mass is 32.2. The van der Waals surface area contributed by atoms with Crippen LogP contribution in [0.5, 0.6) is 0 Å². The van der Waals surface area contributed by atoms with Gasteiger partial charge in [-0.2, -0.15) is 10.2 Å². The van der Waals surface area contributed by atoms with Crippen LogP contribution in [-0.2, 0) is 22.4 Å². The van der Waals surface area contributed by atoms with E-state index in [0.29, 0.717) is 0 Å². The minimum atomic E-state index is -0.188. The Hall–Kier alpha value is -2.88. The lowest BCUT2D eigenvalue weighted by atomic mass is 10.1. The number of amides is 2. The average Bonchev–Trinajstić information content (AvgIpc) is 3.17. The van der Waals surface area contributed by atoms with E-state index in [-0.39, 0.29) is 24.7 Å². The summed E-state index contributed by atoms with van der Waals surface area (Å²) < 4.78 is 2.11. The Morgan fingerprint density at radius 3 is 1.52 bits per heavy atom. The third-order valence-electron chi connectivity index (χ3n) is 4.47. The molecular weight excluding hydrogens is 472 g/mol. The van der Waals surface area contributed by atoms with E-state index >= 15 is 0 Å². The van der Waals surface area contributed by atoms with Crippen LogP contribution in [0.2, 0.25) is 0 Å². The fourth-order valence-electron chi connectivity index (χ4n) is 2.94. The maximum Gasteiger partial charge on any atom is 0.244 e. The first kappa shape index (κ1) is 24.8. The summed E-state index contributed by atoms with van der Waals surface area (Å²) in [4.78, 5) is 24.4. The van der Waals surface area contributed by atoms with Crippen LogP contribution >= 0.6 is 34.9 Å². The third kappa shape index (κ3) is 7.59. The van der Waals surface area contributed by atoms with Crippen molar-refractivity contribution in [1.29, 1.82) is 0 Å². The van der Waals surface area contributed by atoms with E-state index in [0.717, 1.165) is 30.7 Å². The standard InChI is InChI=1S/C24H24N4O2S3/c1-31-23-19(15-25-27-21(29)13-17-9-5-3-6-10-17)20(24(32-2)33-23)16-26-28-22(30)14-18-11-7-4-8-12-18/h3-12,15-16H,13-14H2,1-2H3,(H,27,29)(H,28,30)/b25-15+,26-16+. The van der Waals surface area contributed by atoms with Crippen molar-refractivity contribution in [2.75, 3.05) is 12.5 Å². The summed E-state index contributed by atoms with van der Waals surface area (Å²) in [6.07, 6.45) is 7.77. The predicted molar refractivity (Wildman–Crippen MR) is 140 cm³/mol. The minimum absolute atomic E-state index is 0.188. The van der Waals surface area contributed by atoms with Crippen molar-refractivity contribution in [2.45, 2.75) is 21.3 Å². The molecule has 0 aliphatic rings. The highest BCUT2D eigenvalue weighted by Gasteiger charge is 2.15. The van der Waals surface area contributed by atoms with E-state index < -0.39 is 0 Å². The van der Waals surface area contributed by atoms with Crippen molar-refractivity contribution < 1.29 is 9.59 Å². The summed E-state index contributed by atoms with van der Waals surface area (Å²) in [6.45, 7) is 0. The van der Waals surface area contributed by atoms with Crippen molar-refractivity contribution in [2.24, 2.45) is 10.2 Å². The van der Waals surface area contributed by atoms with Crippen molar-refractivity contribution in [3.05, 3.63) is 82.9 Å². The van der Waals surface area contributed by atoms with Crippen LogP contribution in [-0.4, -0.2) is 36.8 Å². The minimum Gasteiger partial charge on any atom is -0.273 e. The molecule has 0 bridgehead atoms. The number of carbonyl (C=O) groups excluding carboxylic acids is 2. The Morgan fingerprint density at radius 1 is 0.758 bits per heavy atom. The molecule has 2 amide bonds. The van der Waals surface area contributed by atoms with Crippen molar-refractivity contribution in [3.63, 3.8) is 0 Å². The number of hydrazone groups is 2. The molecule has 0 spiro atoms. The zero-order valence-electron chi connectivity index (χ0n) is 18.3. The maximum absolute atomic E-state index is 12.2. The van der Waals surface area contributed by atoms with Gasteiger partial charge in [0.25, 0.3) is 0 Å². The largest absolute Gasteiger partial charge is 0.273 e. The van der Waals surface area contributed by atoms with Gasteiger partial charge < -0.3 is 0 Å². The number of thiophene rings is 1. The topological polar surface area (TPSA) is 82.9 Å². The second-order valence-corrected chi connectivity index (χ2v) is 9.99. The zero-order valence-corrected chi connectivity index (χ0v) is 20.7. The second kappa shape index (κ2) is 13.0. The van der Waals surface area contributed by atoms with Gasteiger partial charge in [-0.05, 0) is 23.6 Å². The highest BCUT2D eigenvalue weighted by molar-refractivity contribution is 8.02. The third-order valence-corrected chi connectivity index (χ3v) is 7.96. The van der Waals surface area contributed by atoms with E-state index in [1.165, 1.54) is 0 Å². The number of benzene rings is 2. The summed E-state index contributed by atoms with van der Waals surface area (Å²) >= 11 is 4.83. The van der Waals surface area contributed by atoms with Gasteiger partial charge in [0.05, 0.1) is 33.7 Å². The number of carbonyl (C=O) groups is 2. The summed E-state index contributed by atoms with van der Waals surface area (Å²) in [6, 6.07) is 19.0. The monoisotopic (exact) mass is 496 g/mol. The molecule has 2 N–H and O–H groups in total. The first-order valence-electron chi connectivity index (χ1n) is 10.1. The molecule has 0 unspecified atom stereocenters. The fraction of sp³-hybridized carbons (Fsp3) is 0.167. The van der Waals surface area contributed by atoms with Crippen molar-refractivity contribution in [3.8, 4) is 0 Å². The molecule has 0 radical (unpaired) electrons. The lowest BCUT2D eigenvalue weighted by Crippen LogP contribution is -2.20. The van der Waals surface area contributed by atoms with Crippen LogP contribution in [0.15, 0.2) is 79.3 Å². The van der Waals surface area contributed by atoms with E-state index in [9.17, 15) is 9.59 Å². The van der Waals surface area contributed by atoms with Gasteiger partial charge in [0, 0.05) is 11.1 Å². The molecular formula is C24H24N4O2S3. The Labute approximate surface area is 206 Å². The molecule has 1 heterocycles. The molecule has 6 nitrogen and oxygen atoms in total. The predicted octanol–water partition coefficient (Wildman–Crippen LogP) is 4.58. The zero-order chi connectivity index (χ0) is 23.5. The molecule has 0 aliphatic carbocycles. The molecule has 3 aromatic rings. The van der Waals surface area contributed by atoms with Gasteiger partial charge in [-0.1, -0.05) is 60.7 Å². The summed E-state index contributed by atoms with van der Waals surface area (Å²) in [5.41, 5.74) is 8.75. The van der Waals surface area contributed by atoms with E-state index in [2.05, 4.69) is 21.1 Å². The number of hydrogen-bond donors (Lipinski definition) is 2. The van der Waals surface area contributed by atoms with Crippen LogP contribution in [0.4, 0.5) is 0 Å². The first-order valence-corrected chi connectivity index (χ1v) is 13.3. The van der Waals surface area contributed by atoms with Gasteiger partial charge in [0.2, 0.25) is 11.8 Å². The van der Waals surface area contributed by atoms with Gasteiger partial charge in [0.1, 0.15) is 0 Å². The van der Waals surface area contributed by atoms with E-state index in [1.807, 2.05) is 73.2 Å². The van der Waals surface area contributed by atoms with Gasteiger partial charge in [-0.15, -0.1) is 34.9 Å². The first-order chi connectivity index (χ1) is 16.1. The molecule has 2 aromatic carbocycles. The molecule has 9 heteroatoms. The molecule has 0 aliphatic heterocycles. The average molecular weight is 497 g/mol. The Morgan fingerprint density at radius 2 is 1.15 bits per heavy atom. The van der Waals surface area contributed by atoms with Crippen LogP contribution in [0.1, 0.15) is 22.3 Å². The molecule has 0 saturated heterocycles. The van der Waals surface area contributed by atoms with E-state index in [1.54, 1.807) is 47.3 Å². The SMILES string of the molecule is CSc1sc(SC)c(/C=N/NC(=O)Cc2ccccc2)c1/C=N/NC(=O)Cc1ccccc1. The molecule has 170 valence electrons. The molecule has 0 fully saturated rings. The lowest BCUT2D eigenvalue weighted by molar-refractivity contribution is -0.121. The number of thioether (sulfide) groups is 2. The van der Waals surface area contributed by atoms with Gasteiger partial charge in [-0.25, -0.2) is 10.9 Å². The number of hydrogen-bond acceptors (Lipinski definition) is 7. The summed E-state index contributed by atoms with van der Waals surface area (Å²) in [5, 5.41) is 8.33. The summed E-state index contributed by atoms with van der Waals surface area (Å²) in [5.74, 6) is -0.376. The van der Waals surface area contributed by atoms with Crippen molar-refractivity contribution >= 4 is 59.1 Å².